The number of aliphatic hydroxyl groups excluding tert-OH is 1. The van der Waals surface area contributed by atoms with E-state index in [0.717, 1.165) is 46.1 Å². The second kappa shape index (κ2) is 14.6. The number of amides is 2. The lowest BCUT2D eigenvalue weighted by atomic mass is 9.95. The topological polar surface area (TPSA) is 115 Å². The molecule has 0 aliphatic carbocycles. The van der Waals surface area contributed by atoms with Crippen LogP contribution in [-0.2, 0) is 33.7 Å². The summed E-state index contributed by atoms with van der Waals surface area (Å²) >= 11 is 0. The van der Waals surface area contributed by atoms with Crippen molar-refractivity contribution in [3.8, 4) is 0 Å². The Balaban J connectivity index is 1.17. The van der Waals surface area contributed by atoms with Crippen LogP contribution >= 0.6 is 0 Å². The van der Waals surface area contributed by atoms with Crippen molar-refractivity contribution in [1.29, 1.82) is 0 Å². The van der Waals surface area contributed by atoms with Crippen LogP contribution in [0.25, 0.3) is 10.9 Å². The molecule has 1 aromatic heterocycles. The SMILES string of the molecule is C[C@@H]1[C@@H]([Si](C)(C)O)[C@H](CC(=O)N(CCO)Cc2ccccc2)O[C@@H]1CCc1ccc(NC(=O)Cc2c[nH]c3ccccc23)cc1. The van der Waals surface area contributed by atoms with Crippen LogP contribution < -0.4 is 5.32 Å². The standard InChI is InChI=1S/C36H45N3O5Si/c1-25-32(44-33(36(25)45(2,3)43)22-35(42)39(19-20-40)24-27-9-5-4-6-10-27)18-15-26-13-16-29(17-14-26)38-34(41)21-28-23-37-31-12-8-7-11-30(28)31/h4-14,16-17,23,25,32-33,36-37,40,43H,15,18-22,24H2,1-3H3,(H,38,41)/t25-,32+,33-,36+/m0/s1. The molecule has 1 saturated heterocycles. The zero-order valence-corrected chi connectivity index (χ0v) is 27.4. The van der Waals surface area contributed by atoms with Gasteiger partial charge in [0.15, 0.2) is 8.32 Å². The molecule has 4 atom stereocenters. The van der Waals surface area contributed by atoms with E-state index >= 15 is 0 Å². The molecule has 0 unspecified atom stereocenters. The first kappa shape index (κ1) is 32.6. The Morgan fingerprint density at radius 3 is 2.38 bits per heavy atom. The lowest BCUT2D eigenvalue weighted by Gasteiger charge is -2.31. The first-order valence-electron chi connectivity index (χ1n) is 15.9. The third-order valence-corrected chi connectivity index (χ3v) is 11.5. The van der Waals surface area contributed by atoms with E-state index in [2.05, 4.69) is 17.2 Å². The van der Waals surface area contributed by atoms with Crippen molar-refractivity contribution in [3.05, 3.63) is 102 Å². The van der Waals surface area contributed by atoms with Crippen molar-refractivity contribution in [2.24, 2.45) is 5.92 Å². The lowest BCUT2D eigenvalue weighted by molar-refractivity contribution is -0.135. The highest BCUT2D eigenvalue weighted by atomic mass is 28.4. The Kier molecular flexibility index (Phi) is 10.6. The summed E-state index contributed by atoms with van der Waals surface area (Å²) in [6, 6.07) is 25.6. The Hall–Kier alpha value is -3.76. The normalized spacial score (nSPS) is 19.9. The predicted octanol–water partition coefficient (Wildman–Crippen LogP) is 5.66. The number of fused-ring (bicyclic) bond motifs is 1. The molecule has 8 nitrogen and oxygen atoms in total. The van der Waals surface area contributed by atoms with Gasteiger partial charge < -0.3 is 29.8 Å². The van der Waals surface area contributed by atoms with Crippen molar-refractivity contribution in [2.45, 2.75) is 70.0 Å². The van der Waals surface area contributed by atoms with Crippen LogP contribution in [0.5, 0.6) is 0 Å². The van der Waals surface area contributed by atoms with Crippen molar-refractivity contribution < 1.29 is 24.2 Å². The molecule has 2 amide bonds. The van der Waals surface area contributed by atoms with Crippen LogP contribution in [-0.4, -0.2) is 65.3 Å². The highest BCUT2D eigenvalue weighted by molar-refractivity contribution is 6.71. The van der Waals surface area contributed by atoms with Gasteiger partial charge in [0.1, 0.15) is 0 Å². The van der Waals surface area contributed by atoms with Gasteiger partial charge in [-0.3, -0.25) is 9.59 Å². The number of anilines is 1. The highest BCUT2D eigenvalue weighted by Gasteiger charge is 2.50. The largest absolute Gasteiger partial charge is 0.432 e. The number of hydrogen-bond acceptors (Lipinski definition) is 5. The number of carbonyl (C=O) groups is 2. The number of nitrogens with zero attached hydrogens (tertiary/aromatic N) is 1. The molecule has 1 aliphatic rings. The van der Waals surface area contributed by atoms with Crippen LogP contribution in [0.2, 0.25) is 18.6 Å². The number of hydrogen-bond donors (Lipinski definition) is 4. The van der Waals surface area contributed by atoms with Gasteiger partial charge in [0.05, 0.1) is 31.7 Å². The van der Waals surface area contributed by atoms with Gasteiger partial charge in [0, 0.05) is 41.4 Å². The number of ether oxygens (including phenoxy) is 1. The molecule has 5 rings (SSSR count). The molecule has 2 heterocycles. The van der Waals surface area contributed by atoms with Gasteiger partial charge in [0.2, 0.25) is 11.8 Å². The average molecular weight is 628 g/mol. The van der Waals surface area contributed by atoms with E-state index in [-0.39, 0.29) is 55.1 Å². The molecule has 238 valence electrons. The summed E-state index contributed by atoms with van der Waals surface area (Å²) in [6.45, 7) is 6.56. The fourth-order valence-electron chi connectivity index (χ4n) is 6.84. The molecular weight excluding hydrogens is 582 g/mol. The van der Waals surface area contributed by atoms with Gasteiger partial charge in [-0.2, -0.15) is 0 Å². The molecule has 0 spiro atoms. The van der Waals surface area contributed by atoms with Crippen LogP contribution in [0.3, 0.4) is 0 Å². The molecule has 4 N–H and O–H groups in total. The molecular formula is C36H45N3O5Si. The maximum atomic E-state index is 13.5. The Morgan fingerprint density at radius 1 is 0.956 bits per heavy atom. The number of carbonyl (C=O) groups excluding carboxylic acids is 2. The van der Waals surface area contributed by atoms with E-state index in [9.17, 15) is 19.5 Å². The molecule has 1 fully saturated rings. The van der Waals surface area contributed by atoms with Crippen molar-refractivity contribution in [1.82, 2.24) is 9.88 Å². The number of aliphatic hydroxyl groups is 1. The molecule has 3 aromatic carbocycles. The van der Waals surface area contributed by atoms with E-state index in [4.69, 9.17) is 4.74 Å². The van der Waals surface area contributed by atoms with Gasteiger partial charge in [-0.1, -0.05) is 67.6 Å². The third kappa shape index (κ3) is 8.29. The number of aromatic amines is 1. The Morgan fingerprint density at radius 2 is 1.67 bits per heavy atom. The van der Waals surface area contributed by atoms with Crippen molar-refractivity contribution in [3.63, 3.8) is 0 Å². The molecule has 0 bridgehead atoms. The summed E-state index contributed by atoms with van der Waals surface area (Å²) in [5.41, 5.74) is 4.80. The maximum Gasteiger partial charge on any atom is 0.228 e. The first-order chi connectivity index (χ1) is 21.6. The van der Waals surface area contributed by atoms with E-state index in [1.807, 2.05) is 98.2 Å². The molecule has 0 saturated carbocycles. The van der Waals surface area contributed by atoms with E-state index < -0.39 is 8.32 Å². The van der Waals surface area contributed by atoms with Crippen LogP contribution in [0.1, 0.15) is 36.5 Å². The van der Waals surface area contributed by atoms with Gasteiger partial charge in [-0.15, -0.1) is 0 Å². The zero-order valence-electron chi connectivity index (χ0n) is 26.4. The summed E-state index contributed by atoms with van der Waals surface area (Å²) in [7, 11) is -2.64. The third-order valence-electron chi connectivity index (χ3n) is 9.01. The molecule has 0 radical (unpaired) electrons. The van der Waals surface area contributed by atoms with E-state index in [1.165, 1.54) is 0 Å². The van der Waals surface area contributed by atoms with Crippen molar-refractivity contribution in [2.75, 3.05) is 18.5 Å². The maximum absolute atomic E-state index is 13.5. The number of aromatic nitrogens is 1. The lowest BCUT2D eigenvalue weighted by Crippen LogP contribution is -2.42. The van der Waals surface area contributed by atoms with Gasteiger partial charge >= 0.3 is 0 Å². The number of aryl methyl sites for hydroxylation is 1. The molecule has 9 heteroatoms. The predicted molar refractivity (Wildman–Crippen MR) is 180 cm³/mol. The number of nitrogens with one attached hydrogen (secondary N) is 2. The zero-order chi connectivity index (χ0) is 32.0. The minimum absolute atomic E-state index is 0.0654. The van der Waals surface area contributed by atoms with Crippen LogP contribution in [0, 0.1) is 5.92 Å². The summed E-state index contributed by atoms with van der Waals surface area (Å²) in [5.74, 6) is -0.0290. The van der Waals surface area contributed by atoms with E-state index in [1.54, 1.807) is 4.90 Å². The average Bonchev–Trinajstić information content (AvgIpc) is 3.56. The Bertz CT molecular complexity index is 1570. The fourth-order valence-corrected chi connectivity index (χ4v) is 9.45. The molecule has 4 aromatic rings. The van der Waals surface area contributed by atoms with Gasteiger partial charge in [0.25, 0.3) is 0 Å². The minimum atomic E-state index is -2.64. The van der Waals surface area contributed by atoms with Gasteiger partial charge in [-0.05, 0) is 66.7 Å². The smallest absolute Gasteiger partial charge is 0.228 e. The Labute approximate surface area is 266 Å². The molecule has 1 aliphatic heterocycles. The summed E-state index contributed by atoms with van der Waals surface area (Å²) in [4.78, 5) is 42.3. The van der Waals surface area contributed by atoms with Crippen molar-refractivity contribution >= 4 is 36.7 Å². The number of para-hydroxylation sites is 1. The molecule has 45 heavy (non-hydrogen) atoms. The summed E-state index contributed by atoms with van der Waals surface area (Å²) < 4.78 is 6.55. The first-order valence-corrected chi connectivity index (χ1v) is 18.9. The number of rotatable bonds is 13. The van der Waals surface area contributed by atoms with Crippen LogP contribution in [0.4, 0.5) is 5.69 Å². The second-order valence-corrected chi connectivity index (χ2v) is 16.8. The minimum Gasteiger partial charge on any atom is -0.432 e. The summed E-state index contributed by atoms with van der Waals surface area (Å²) in [5, 5.41) is 13.7. The summed E-state index contributed by atoms with van der Waals surface area (Å²) in [6.07, 6.45) is 3.47. The fraction of sp³-hybridized carbons (Fsp3) is 0.389. The number of H-pyrrole nitrogens is 1. The van der Waals surface area contributed by atoms with E-state index in [0.29, 0.717) is 13.0 Å². The second-order valence-electron chi connectivity index (χ2n) is 12.8. The monoisotopic (exact) mass is 627 g/mol. The quantitative estimate of drug-likeness (QED) is 0.143. The highest BCUT2D eigenvalue weighted by Crippen LogP contribution is 2.45. The van der Waals surface area contributed by atoms with Crippen LogP contribution in [0.15, 0.2) is 85.1 Å². The number of benzene rings is 3. The van der Waals surface area contributed by atoms with Gasteiger partial charge in [-0.25, -0.2) is 0 Å².